The minimum absolute atomic E-state index is 0.0157. The fraction of sp³-hybridized carbons (Fsp3) is 0.522. The Morgan fingerprint density at radius 3 is 2.79 bits per heavy atom. The first-order chi connectivity index (χ1) is 14.0. The van der Waals surface area contributed by atoms with E-state index in [9.17, 15) is 14.4 Å². The van der Waals surface area contributed by atoms with Crippen LogP contribution in [0, 0.1) is 5.41 Å². The molecule has 3 aliphatic heterocycles. The molecule has 3 atom stereocenters. The van der Waals surface area contributed by atoms with Gasteiger partial charge in [-0.2, -0.15) is 0 Å². The number of hydrogen-bond acceptors (Lipinski definition) is 3. The van der Waals surface area contributed by atoms with Gasteiger partial charge in [0, 0.05) is 31.2 Å². The van der Waals surface area contributed by atoms with Crippen LogP contribution in [0.5, 0.6) is 0 Å². The highest BCUT2D eigenvalue weighted by Gasteiger charge is 2.60. The van der Waals surface area contributed by atoms with Gasteiger partial charge >= 0.3 is 0 Å². The van der Waals surface area contributed by atoms with Crippen LogP contribution in [0.1, 0.15) is 44.6 Å². The molecule has 6 heteroatoms. The molecule has 0 radical (unpaired) electrons. The zero-order valence-corrected chi connectivity index (χ0v) is 17.0. The average Bonchev–Trinajstić information content (AvgIpc) is 3.22. The number of amides is 3. The molecular weight excluding hydrogens is 366 g/mol. The third kappa shape index (κ3) is 3.56. The Balaban J connectivity index is 1.54. The van der Waals surface area contributed by atoms with Crippen LogP contribution >= 0.6 is 0 Å². The number of carbonyl (C=O) groups is 3. The van der Waals surface area contributed by atoms with Crippen LogP contribution in [0.25, 0.3) is 6.08 Å². The van der Waals surface area contributed by atoms with Crippen LogP contribution in [0.3, 0.4) is 0 Å². The first-order valence-electron chi connectivity index (χ1n) is 10.7. The number of hydrogen-bond donors (Lipinski definition) is 1. The summed E-state index contributed by atoms with van der Waals surface area (Å²) in [6, 6.07) is 9.80. The van der Waals surface area contributed by atoms with E-state index in [1.807, 2.05) is 48.2 Å². The molecule has 1 aromatic carbocycles. The maximum absolute atomic E-state index is 13.6. The third-order valence-corrected chi connectivity index (χ3v) is 6.82. The fourth-order valence-corrected chi connectivity index (χ4v) is 5.39. The molecule has 3 amide bonds. The monoisotopic (exact) mass is 395 g/mol. The van der Waals surface area contributed by atoms with Crippen LogP contribution in [0.2, 0.25) is 0 Å². The van der Waals surface area contributed by atoms with Crippen molar-refractivity contribution >= 4 is 23.8 Å². The standard InChI is InChI=1S/C23H29N3O3/c1-2-23(22(29)25-14-6-13-24-20(27)16-25)15-18-10-11-19(23)26(18)21(28)12-9-17-7-4-3-5-8-17/h3-5,7-9,12,18-19H,2,6,10-11,13-16H2,1H3,(H,24,27)/t18-,19+,23+/m0/s1. The molecule has 154 valence electrons. The maximum atomic E-state index is 13.6. The topological polar surface area (TPSA) is 69.7 Å². The normalized spacial score (nSPS) is 29.2. The van der Waals surface area contributed by atoms with Gasteiger partial charge in [0.25, 0.3) is 0 Å². The van der Waals surface area contributed by atoms with Crippen molar-refractivity contribution in [1.82, 2.24) is 15.1 Å². The molecule has 29 heavy (non-hydrogen) atoms. The zero-order valence-electron chi connectivity index (χ0n) is 17.0. The average molecular weight is 396 g/mol. The SMILES string of the molecule is CC[C@@]1(C(=O)N2CCCNC(=O)C2)C[C@@H]2CC[C@H]1N2C(=O)C=Cc1ccccc1. The summed E-state index contributed by atoms with van der Waals surface area (Å²) in [7, 11) is 0. The smallest absolute Gasteiger partial charge is 0.247 e. The molecule has 4 rings (SSSR count). The number of fused-ring (bicyclic) bond motifs is 2. The Labute approximate surface area is 171 Å². The third-order valence-electron chi connectivity index (χ3n) is 6.82. The number of rotatable bonds is 4. The molecule has 0 aliphatic carbocycles. The predicted molar refractivity (Wildman–Crippen MR) is 111 cm³/mol. The van der Waals surface area contributed by atoms with Gasteiger partial charge in [0.15, 0.2) is 0 Å². The zero-order chi connectivity index (χ0) is 20.4. The number of benzene rings is 1. The summed E-state index contributed by atoms with van der Waals surface area (Å²) in [5.41, 5.74) is 0.421. The van der Waals surface area contributed by atoms with Crippen LogP contribution < -0.4 is 5.32 Å². The molecule has 0 aromatic heterocycles. The highest BCUT2D eigenvalue weighted by Crippen LogP contribution is 2.52. The first kappa shape index (κ1) is 19.7. The van der Waals surface area contributed by atoms with Gasteiger partial charge in [-0.15, -0.1) is 0 Å². The molecule has 0 saturated carbocycles. The van der Waals surface area contributed by atoms with Crippen LogP contribution in [0.4, 0.5) is 0 Å². The van der Waals surface area contributed by atoms with E-state index in [1.54, 1.807) is 11.0 Å². The highest BCUT2D eigenvalue weighted by atomic mass is 16.2. The summed E-state index contributed by atoms with van der Waals surface area (Å²) in [4.78, 5) is 42.3. The van der Waals surface area contributed by atoms with E-state index in [4.69, 9.17) is 0 Å². The van der Waals surface area contributed by atoms with Crippen molar-refractivity contribution in [3.05, 3.63) is 42.0 Å². The quantitative estimate of drug-likeness (QED) is 0.795. The summed E-state index contributed by atoms with van der Waals surface area (Å²) in [6.45, 7) is 3.38. The van der Waals surface area contributed by atoms with Crippen LogP contribution in [-0.4, -0.2) is 59.2 Å². The Kier molecular flexibility index (Phi) is 5.43. The van der Waals surface area contributed by atoms with Gasteiger partial charge in [-0.25, -0.2) is 0 Å². The predicted octanol–water partition coefficient (Wildman–Crippen LogP) is 2.21. The highest BCUT2D eigenvalue weighted by molar-refractivity contribution is 5.95. The van der Waals surface area contributed by atoms with E-state index >= 15 is 0 Å². The Morgan fingerprint density at radius 1 is 1.24 bits per heavy atom. The Bertz CT molecular complexity index is 822. The van der Waals surface area contributed by atoms with Crippen molar-refractivity contribution in [2.24, 2.45) is 5.41 Å². The largest absolute Gasteiger partial charge is 0.354 e. The molecule has 0 spiro atoms. The van der Waals surface area contributed by atoms with Crippen molar-refractivity contribution in [3.63, 3.8) is 0 Å². The summed E-state index contributed by atoms with van der Waals surface area (Å²) < 4.78 is 0. The lowest BCUT2D eigenvalue weighted by atomic mass is 9.70. The molecular formula is C23H29N3O3. The minimum Gasteiger partial charge on any atom is -0.354 e. The van der Waals surface area contributed by atoms with Crippen molar-refractivity contribution in [2.45, 2.75) is 51.1 Å². The van der Waals surface area contributed by atoms with E-state index in [-0.39, 0.29) is 36.3 Å². The van der Waals surface area contributed by atoms with E-state index in [0.717, 1.165) is 24.8 Å². The van der Waals surface area contributed by atoms with Gasteiger partial charge in [0.05, 0.1) is 12.0 Å². The van der Waals surface area contributed by atoms with Gasteiger partial charge in [0.2, 0.25) is 17.7 Å². The lowest BCUT2D eigenvalue weighted by Gasteiger charge is -2.38. The lowest BCUT2D eigenvalue weighted by Crippen LogP contribution is -2.52. The summed E-state index contributed by atoms with van der Waals surface area (Å²) in [5, 5.41) is 2.84. The van der Waals surface area contributed by atoms with Gasteiger partial charge < -0.3 is 15.1 Å². The second kappa shape index (κ2) is 8.01. The van der Waals surface area contributed by atoms with E-state index in [1.165, 1.54) is 0 Å². The van der Waals surface area contributed by atoms with Crippen molar-refractivity contribution in [1.29, 1.82) is 0 Å². The van der Waals surface area contributed by atoms with Crippen LogP contribution in [0.15, 0.2) is 36.4 Å². The van der Waals surface area contributed by atoms with Gasteiger partial charge in [-0.1, -0.05) is 37.3 Å². The Hall–Kier alpha value is -2.63. The van der Waals surface area contributed by atoms with Crippen molar-refractivity contribution < 1.29 is 14.4 Å². The molecule has 0 unspecified atom stereocenters. The van der Waals surface area contributed by atoms with E-state index < -0.39 is 5.41 Å². The molecule has 1 aromatic rings. The summed E-state index contributed by atoms with van der Waals surface area (Å²) >= 11 is 0. The molecule has 1 N–H and O–H groups in total. The molecule has 3 heterocycles. The van der Waals surface area contributed by atoms with Crippen molar-refractivity contribution in [3.8, 4) is 0 Å². The number of nitrogens with one attached hydrogen (secondary N) is 1. The number of carbonyl (C=O) groups excluding carboxylic acids is 3. The summed E-state index contributed by atoms with van der Waals surface area (Å²) in [5.74, 6) is -0.0591. The molecule has 3 fully saturated rings. The second-order valence-corrected chi connectivity index (χ2v) is 8.38. The fourth-order valence-electron chi connectivity index (χ4n) is 5.39. The van der Waals surface area contributed by atoms with Crippen molar-refractivity contribution in [2.75, 3.05) is 19.6 Å². The molecule has 6 nitrogen and oxygen atoms in total. The minimum atomic E-state index is -0.566. The second-order valence-electron chi connectivity index (χ2n) is 8.38. The maximum Gasteiger partial charge on any atom is 0.247 e. The van der Waals surface area contributed by atoms with E-state index in [0.29, 0.717) is 25.9 Å². The van der Waals surface area contributed by atoms with Gasteiger partial charge in [-0.05, 0) is 43.7 Å². The Morgan fingerprint density at radius 2 is 2.03 bits per heavy atom. The molecule has 2 bridgehead atoms. The molecule has 3 aliphatic rings. The molecule has 3 saturated heterocycles. The van der Waals surface area contributed by atoms with Crippen LogP contribution in [-0.2, 0) is 14.4 Å². The van der Waals surface area contributed by atoms with E-state index in [2.05, 4.69) is 5.32 Å². The lowest BCUT2D eigenvalue weighted by molar-refractivity contribution is -0.147. The summed E-state index contributed by atoms with van der Waals surface area (Å²) in [6.07, 6.45) is 7.45. The van der Waals surface area contributed by atoms with Gasteiger partial charge in [0.1, 0.15) is 0 Å². The number of nitrogens with zero attached hydrogens (tertiary/aromatic N) is 2. The first-order valence-corrected chi connectivity index (χ1v) is 10.7. The van der Waals surface area contributed by atoms with Gasteiger partial charge in [-0.3, -0.25) is 14.4 Å².